The zero-order chi connectivity index (χ0) is 21.4. The van der Waals surface area contributed by atoms with Crippen molar-refractivity contribution in [1.82, 2.24) is 9.88 Å². The van der Waals surface area contributed by atoms with Crippen molar-refractivity contribution in [3.8, 4) is 0 Å². The van der Waals surface area contributed by atoms with Gasteiger partial charge in [0.05, 0.1) is 29.3 Å². The van der Waals surface area contributed by atoms with Gasteiger partial charge in [-0.15, -0.1) is 0 Å². The second-order valence-electron chi connectivity index (χ2n) is 6.46. The van der Waals surface area contributed by atoms with E-state index in [4.69, 9.17) is 4.74 Å². The second-order valence-corrected chi connectivity index (χ2v) is 6.46. The highest BCUT2D eigenvalue weighted by atomic mass is 16.6. The van der Waals surface area contributed by atoms with E-state index in [2.05, 4.69) is 10.3 Å². The Kier molecular flexibility index (Phi) is 7.88. The Bertz CT molecular complexity index is 894. The van der Waals surface area contributed by atoms with Crippen molar-refractivity contribution in [3.63, 3.8) is 0 Å². The van der Waals surface area contributed by atoms with Gasteiger partial charge in [-0.05, 0) is 25.8 Å². The van der Waals surface area contributed by atoms with E-state index in [1.165, 1.54) is 24.4 Å². The number of nitro groups is 1. The molecule has 156 valence electrons. The first-order valence-corrected chi connectivity index (χ1v) is 9.68. The summed E-state index contributed by atoms with van der Waals surface area (Å²) in [6.45, 7) is 7.08. The molecule has 0 unspecified atom stereocenters. The number of hydrogen-bond acceptors (Lipinski definition) is 7. The molecule has 0 spiro atoms. The van der Waals surface area contributed by atoms with Crippen LogP contribution < -0.4 is 5.32 Å². The van der Waals surface area contributed by atoms with Crippen LogP contribution in [0, 0.1) is 10.1 Å². The zero-order valence-corrected chi connectivity index (χ0v) is 16.9. The number of rotatable bonds is 10. The molecule has 2 aromatic rings. The second kappa shape index (κ2) is 10.4. The zero-order valence-electron chi connectivity index (χ0n) is 16.9. The molecule has 29 heavy (non-hydrogen) atoms. The molecular weight excluding hydrogens is 376 g/mol. The van der Waals surface area contributed by atoms with E-state index < -0.39 is 10.9 Å². The lowest BCUT2D eigenvalue weighted by Gasteiger charge is -2.22. The molecule has 9 nitrogen and oxygen atoms in total. The van der Waals surface area contributed by atoms with Crippen LogP contribution in [-0.4, -0.2) is 52.9 Å². The van der Waals surface area contributed by atoms with Crippen molar-refractivity contribution in [2.24, 2.45) is 0 Å². The van der Waals surface area contributed by atoms with Crippen LogP contribution >= 0.6 is 0 Å². The van der Waals surface area contributed by atoms with Gasteiger partial charge in [-0.2, -0.15) is 0 Å². The predicted molar refractivity (Wildman–Crippen MR) is 110 cm³/mol. The van der Waals surface area contributed by atoms with Crippen molar-refractivity contribution in [2.45, 2.75) is 33.6 Å². The van der Waals surface area contributed by atoms with Crippen molar-refractivity contribution >= 4 is 34.2 Å². The number of ether oxygens (including phenoxy) is 1. The van der Waals surface area contributed by atoms with Crippen molar-refractivity contribution in [2.75, 3.05) is 31.6 Å². The van der Waals surface area contributed by atoms with Crippen LogP contribution in [0.15, 0.2) is 24.4 Å². The van der Waals surface area contributed by atoms with Gasteiger partial charge in [-0.25, -0.2) is 4.79 Å². The fourth-order valence-electron chi connectivity index (χ4n) is 3.03. The quantitative estimate of drug-likeness (QED) is 0.368. The average molecular weight is 402 g/mol. The summed E-state index contributed by atoms with van der Waals surface area (Å²) in [7, 11) is 0. The molecule has 1 aromatic carbocycles. The number of benzene rings is 1. The van der Waals surface area contributed by atoms with Gasteiger partial charge in [0.1, 0.15) is 5.56 Å². The maximum atomic E-state index is 12.6. The minimum atomic E-state index is -0.609. The Morgan fingerprint density at radius 1 is 1.21 bits per heavy atom. The fraction of sp³-hybridized carbons (Fsp3) is 0.450. The normalized spacial score (nSPS) is 10.6. The van der Waals surface area contributed by atoms with Gasteiger partial charge in [0.25, 0.3) is 5.69 Å². The number of non-ortho nitro benzene ring substituents is 1. The van der Waals surface area contributed by atoms with E-state index in [9.17, 15) is 19.7 Å². The minimum Gasteiger partial charge on any atom is -0.462 e. The summed E-state index contributed by atoms with van der Waals surface area (Å²) in [6, 6.07) is 4.20. The Labute approximate surface area is 169 Å². The number of aromatic nitrogens is 1. The van der Waals surface area contributed by atoms with Crippen LogP contribution in [0.4, 0.5) is 11.4 Å². The third kappa shape index (κ3) is 5.40. The van der Waals surface area contributed by atoms with Crippen molar-refractivity contribution < 1.29 is 19.2 Å². The molecule has 0 saturated carbocycles. The van der Waals surface area contributed by atoms with E-state index in [0.717, 1.165) is 12.8 Å². The van der Waals surface area contributed by atoms with Crippen LogP contribution in [0.25, 0.3) is 10.9 Å². The summed E-state index contributed by atoms with van der Waals surface area (Å²) in [5.41, 5.74) is 0.773. The van der Waals surface area contributed by atoms with Crippen LogP contribution in [0.3, 0.4) is 0 Å². The number of fused-ring (bicyclic) bond motifs is 1. The number of anilines is 1. The first-order valence-electron chi connectivity index (χ1n) is 9.68. The van der Waals surface area contributed by atoms with Crippen molar-refractivity contribution in [3.05, 3.63) is 40.1 Å². The van der Waals surface area contributed by atoms with Gasteiger partial charge in [0, 0.05) is 36.8 Å². The van der Waals surface area contributed by atoms with E-state index in [1.54, 1.807) is 11.8 Å². The Balaban J connectivity index is 2.44. The Hall–Kier alpha value is -3.23. The smallest absolute Gasteiger partial charge is 0.341 e. The van der Waals surface area contributed by atoms with Crippen LogP contribution in [0.5, 0.6) is 0 Å². The minimum absolute atomic E-state index is 0.0474. The number of hydrogen-bond donors (Lipinski definition) is 1. The summed E-state index contributed by atoms with van der Waals surface area (Å²) in [5, 5.41) is 14.6. The number of esters is 1. The largest absolute Gasteiger partial charge is 0.462 e. The molecule has 1 aromatic heterocycles. The third-order valence-electron chi connectivity index (χ3n) is 4.31. The summed E-state index contributed by atoms with van der Waals surface area (Å²) < 4.78 is 5.08. The maximum Gasteiger partial charge on any atom is 0.341 e. The van der Waals surface area contributed by atoms with Crippen LogP contribution in [0.2, 0.25) is 0 Å². The van der Waals surface area contributed by atoms with E-state index in [1.807, 2.05) is 13.8 Å². The van der Waals surface area contributed by atoms with Crippen molar-refractivity contribution in [1.29, 1.82) is 0 Å². The molecule has 0 bridgehead atoms. The summed E-state index contributed by atoms with van der Waals surface area (Å²) in [5.74, 6) is -0.721. The highest BCUT2D eigenvalue weighted by Crippen LogP contribution is 2.29. The topological polar surface area (TPSA) is 115 Å². The lowest BCUT2D eigenvalue weighted by Crippen LogP contribution is -2.36. The molecule has 0 aliphatic carbocycles. The number of carbonyl (C=O) groups excluding carboxylic acids is 2. The predicted octanol–water partition coefficient (Wildman–Crippen LogP) is 3.38. The first kappa shape index (κ1) is 22.1. The molecule has 0 atom stereocenters. The number of carbonyl (C=O) groups is 2. The van der Waals surface area contributed by atoms with Gasteiger partial charge < -0.3 is 15.0 Å². The molecule has 0 radical (unpaired) electrons. The molecule has 1 amide bonds. The van der Waals surface area contributed by atoms with E-state index in [0.29, 0.717) is 29.7 Å². The van der Waals surface area contributed by atoms with Crippen LogP contribution in [-0.2, 0) is 9.53 Å². The lowest BCUT2D eigenvalue weighted by atomic mass is 10.1. The Morgan fingerprint density at radius 3 is 2.48 bits per heavy atom. The molecule has 0 fully saturated rings. The monoisotopic (exact) mass is 402 g/mol. The standard InChI is InChI=1S/C20H26N4O5/c1-4-9-23(10-5-2)18(25)13-22-19-15-11-14(24(27)28)7-8-17(15)21-12-16(19)20(26)29-6-3/h7-8,11-12H,4-6,9-10,13H2,1-3H3,(H,21,22). The first-order chi connectivity index (χ1) is 13.9. The number of nitrogens with zero attached hydrogens (tertiary/aromatic N) is 3. The number of nitrogens with one attached hydrogen (secondary N) is 1. The van der Waals surface area contributed by atoms with Gasteiger partial charge >= 0.3 is 5.97 Å². The number of nitro benzene ring substituents is 1. The van der Waals surface area contributed by atoms with Gasteiger partial charge in [0.2, 0.25) is 5.91 Å². The molecular formula is C20H26N4O5. The maximum absolute atomic E-state index is 12.6. The number of pyridine rings is 1. The lowest BCUT2D eigenvalue weighted by molar-refractivity contribution is -0.384. The van der Waals surface area contributed by atoms with Gasteiger partial charge in [-0.1, -0.05) is 13.8 Å². The van der Waals surface area contributed by atoms with E-state index >= 15 is 0 Å². The third-order valence-corrected chi connectivity index (χ3v) is 4.31. The van der Waals surface area contributed by atoms with Crippen LogP contribution in [0.1, 0.15) is 44.0 Å². The molecule has 2 rings (SSSR count). The SMILES string of the molecule is CCCN(CCC)C(=O)CNc1c(C(=O)OCC)cnc2ccc([N+](=O)[O-])cc12. The molecule has 1 N–H and O–H groups in total. The molecule has 9 heteroatoms. The summed E-state index contributed by atoms with van der Waals surface area (Å²) >= 11 is 0. The summed E-state index contributed by atoms with van der Waals surface area (Å²) in [6.07, 6.45) is 3.03. The number of amides is 1. The highest BCUT2D eigenvalue weighted by Gasteiger charge is 2.20. The Morgan fingerprint density at radius 2 is 1.90 bits per heavy atom. The molecule has 0 aliphatic rings. The molecule has 0 saturated heterocycles. The van der Waals surface area contributed by atoms with Gasteiger partial charge in [0.15, 0.2) is 0 Å². The van der Waals surface area contributed by atoms with Gasteiger partial charge in [-0.3, -0.25) is 19.9 Å². The van der Waals surface area contributed by atoms with E-state index in [-0.39, 0.29) is 30.3 Å². The summed E-state index contributed by atoms with van der Waals surface area (Å²) in [4.78, 5) is 41.6. The molecule has 0 aliphatic heterocycles. The average Bonchev–Trinajstić information content (AvgIpc) is 2.71. The highest BCUT2D eigenvalue weighted by molar-refractivity contribution is 6.06. The fourth-order valence-corrected chi connectivity index (χ4v) is 3.03. The molecule has 1 heterocycles.